The normalized spacial score (nSPS) is 36.0. The molecular formula is C9H9N5O7. The lowest BCUT2D eigenvalue weighted by Crippen LogP contribution is -2.58. The highest BCUT2D eigenvalue weighted by Crippen LogP contribution is 2.50. The molecule has 112 valence electrons. The van der Waals surface area contributed by atoms with Crippen molar-refractivity contribution in [3.05, 3.63) is 20.2 Å². The SMILES string of the molecule is O=[N+]([O-])c1nn2c(c1[N+](=O)[O-])N[C@@]1(O)C[C@H]2[C@H]2CO[C@H]1O2. The Labute approximate surface area is 115 Å². The van der Waals surface area contributed by atoms with E-state index < -0.39 is 45.5 Å². The van der Waals surface area contributed by atoms with Crippen molar-refractivity contribution in [3.63, 3.8) is 0 Å². The van der Waals surface area contributed by atoms with Crippen molar-refractivity contribution in [2.75, 3.05) is 11.9 Å². The summed E-state index contributed by atoms with van der Waals surface area (Å²) < 4.78 is 11.9. The molecule has 21 heavy (non-hydrogen) atoms. The average molecular weight is 299 g/mol. The third kappa shape index (κ3) is 1.46. The van der Waals surface area contributed by atoms with Crippen LogP contribution in [0, 0.1) is 20.2 Å². The van der Waals surface area contributed by atoms with E-state index in [0.29, 0.717) is 0 Å². The van der Waals surface area contributed by atoms with Crippen molar-refractivity contribution < 1.29 is 24.4 Å². The summed E-state index contributed by atoms with van der Waals surface area (Å²) in [5.74, 6) is -1.07. The molecule has 0 unspecified atom stereocenters. The summed E-state index contributed by atoms with van der Waals surface area (Å²) in [7, 11) is 0. The van der Waals surface area contributed by atoms with E-state index in [0.717, 1.165) is 4.68 Å². The van der Waals surface area contributed by atoms with Crippen LogP contribution in [-0.2, 0) is 9.47 Å². The second-order valence-electron chi connectivity index (χ2n) is 5.14. The third-order valence-corrected chi connectivity index (χ3v) is 3.92. The molecule has 0 amide bonds. The Kier molecular flexibility index (Phi) is 2.17. The van der Waals surface area contributed by atoms with Gasteiger partial charge in [0.2, 0.25) is 12.1 Å². The highest BCUT2D eigenvalue weighted by Gasteiger charge is 2.60. The van der Waals surface area contributed by atoms with E-state index in [-0.39, 0.29) is 18.8 Å². The van der Waals surface area contributed by atoms with Crippen molar-refractivity contribution in [3.8, 4) is 0 Å². The van der Waals surface area contributed by atoms with E-state index in [1.807, 2.05) is 0 Å². The van der Waals surface area contributed by atoms with Gasteiger partial charge in [-0.05, 0) is 4.92 Å². The number of hydrogen-bond donors (Lipinski definition) is 2. The van der Waals surface area contributed by atoms with Gasteiger partial charge in [0.1, 0.15) is 12.1 Å². The molecule has 1 aromatic heterocycles. The van der Waals surface area contributed by atoms with Crippen molar-refractivity contribution in [2.45, 2.75) is 30.6 Å². The molecule has 12 heteroatoms. The largest absolute Gasteiger partial charge is 0.470 e. The lowest BCUT2D eigenvalue weighted by molar-refractivity contribution is -0.424. The van der Waals surface area contributed by atoms with Gasteiger partial charge in [-0.3, -0.25) is 10.1 Å². The van der Waals surface area contributed by atoms with Crippen LogP contribution in [0.4, 0.5) is 17.3 Å². The number of hydrogen-bond acceptors (Lipinski definition) is 9. The predicted octanol–water partition coefficient (Wildman–Crippen LogP) is -0.500. The first-order valence-electron chi connectivity index (χ1n) is 6.09. The van der Waals surface area contributed by atoms with Crippen molar-refractivity contribution in [1.82, 2.24) is 9.78 Å². The van der Waals surface area contributed by atoms with E-state index >= 15 is 0 Å². The Bertz CT molecular complexity index is 674. The van der Waals surface area contributed by atoms with Gasteiger partial charge in [0.25, 0.3) is 0 Å². The minimum Gasteiger partial charge on any atom is -0.366 e. The van der Waals surface area contributed by atoms with E-state index in [1.54, 1.807) is 0 Å². The van der Waals surface area contributed by atoms with Crippen LogP contribution in [0.2, 0.25) is 0 Å². The summed E-state index contributed by atoms with van der Waals surface area (Å²) in [6.07, 6.45) is -1.30. The van der Waals surface area contributed by atoms with E-state index in [9.17, 15) is 25.3 Å². The smallest absolute Gasteiger partial charge is 0.366 e. The quantitative estimate of drug-likeness (QED) is 0.542. The number of nitrogens with zero attached hydrogens (tertiary/aromatic N) is 4. The predicted molar refractivity (Wildman–Crippen MR) is 62.4 cm³/mol. The van der Waals surface area contributed by atoms with Crippen LogP contribution in [0.5, 0.6) is 0 Å². The second kappa shape index (κ2) is 3.66. The molecule has 12 nitrogen and oxygen atoms in total. The zero-order valence-electron chi connectivity index (χ0n) is 10.3. The van der Waals surface area contributed by atoms with Crippen LogP contribution in [0.15, 0.2) is 0 Å². The van der Waals surface area contributed by atoms with Crippen molar-refractivity contribution in [1.29, 1.82) is 0 Å². The summed E-state index contributed by atoms with van der Waals surface area (Å²) in [5.41, 5.74) is -2.45. The Morgan fingerprint density at radius 2 is 2.19 bits per heavy atom. The maximum Gasteiger partial charge on any atom is 0.470 e. The molecule has 3 aliphatic rings. The lowest BCUT2D eigenvalue weighted by atomic mass is 9.94. The number of fused-ring (bicyclic) bond motifs is 8. The molecule has 2 N–H and O–H groups in total. The van der Waals surface area contributed by atoms with Gasteiger partial charge in [-0.25, -0.2) is 0 Å². The lowest BCUT2D eigenvalue weighted by Gasteiger charge is -2.43. The molecule has 4 rings (SSSR count). The number of ether oxygens (including phenoxy) is 2. The van der Waals surface area contributed by atoms with Crippen molar-refractivity contribution in [2.24, 2.45) is 0 Å². The van der Waals surface area contributed by atoms with E-state index in [2.05, 4.69) is 10.4 Å². The second-order valence-corrected chi connectivity index (χ2v) is 5.14. The molecule has 2 saturated heterocycles. The first-order chi connectivity index (χ1) is 9.90. The number of nitro groups is 2. The minimum absolute atomic E-state index is 0.130. The molecule has 1 aromatic rings. The van der Waals surface area contributed by atoms with Crippen LogP contribution >= 0.6 is 0 Å². The van der Waals surface area contributed by atoms with Crippen molar-refractivity contribution >= 4 is 17.3 Å². The van der Waals surface area contributed by atoms with Crippen LogP contribution < -0.4 is 5.32 Å². The number of anilines is 1. The van der Waals surface area contributed by atoms with Gasteiger partial charge in [-0.15, -0.1) is 4.68 Å². The van der Waals surface area contributed by atoms with Gasteiger partial charge in [0, 0.05) is 6.42 Å². The maximum atomic E-state index is 11.1. The zero-order valence-corrected chi connectivity index (χ0v) is 10.3. The molecule has 0 spiro atoms. The minimum atomic E-state index is -1.67. The fourth-order valence-electron chi connectivity index (χ4n) is 3.04. The van der Waals surface area contributed by atoms with Crippen LogP contribution in [-0.4, -0.2) is 49.5 Å². The Balaban J connectivity index is 1.93. The van der Waals surface area contributed by atoms with Crippen LogP contribution in [0.25, 0.3) is 0 Å². The van der Waals surface area contributed by atoms with E-state index in [1.165, 1.54) is 0 Å². The van der Waals surface area contributed by atoms with Gasteiger partial charge in [-0.2, -0.15) is 0 Å². The highest BCUT2D eigenvalue weighted by molar-refractivity contribution is 5.68. The van der Waals surface area contributed by atoms with Gasteiger partial charge in [0.05, 0.1) is 16.6 Å². The summed E-state index contributed by atoms with van der Waals surface area (Å²) in [5, 5.41) is 38.8. The zero-order chi connectivity index (χ0) is 14.9. The van der Waals surface area contributed by atoms with Gasteiger partial charge in [0.15, 0.2) is 5.72 Å². The summed E-state index contributed by atoms with van der Waals surface area (Å²) in [4.78, 5) is 20.3. The summed E-state index contributed by atoms with van der Waals surface area (Å²) in [6, 6.07) is -0.572. The molecule has 4 atom stereocenters. The Morgan fingerprint density at radius 3 is 2.86 bits per heavy atom. The average Bonchev–Trinajstić information content (AvgIpc) is 2.98. The first-order valence-corrected chi connectivity index (χ1v) is 6.09. The monoisotopic (exact) mass is 299 g/mol. The number of nitrogens with one attached hydrogen (secondary N) is 1. The maximum absolute atomic E-state index is 11.1. The Hall–Kier alpha value is -2.31. The molecule has 3 aliphatic heterocycles. The highest BCUT2D eigenvalue weighted by atomic mass is 16.7. The van der Waals surface area contributed by atoms with Crippen LogP contribution in [0.1, 0.15) is 12.5 Å². The molecule has 0 aliphatic carbocycles. The molecule has 0 aromatic carbocycles. The fourth-order valence-corrected chi connectivity index (χ4v) is 3.04. The van der Waals surface area contributed by atoms with Gasteiger partial charge < -0.3 is 30.0 Å². The number of aromatic nitrogens is 2. The summed E-state index contributed by atoms with van der Waals surface area (Å²) in [6.45, 7) is 0.181. The topological polar surface area (TPSA) is 155 Å². The van der Waals surface area contributed by atoms with Crippen LogP contribution in [0.3, 0.4) is 0 Å². The van der Waals surface area contributed by atoms with Gasteiger partial charge >= 0.3 is 11.5 Å². The number of rotatable bonds is 2. The first kappa shape index (κ1) is 12.4. The Morgan fingerprint density at radius 1 is 1.43 bits per heavy atom. The van der Waals surface area contributed by atoms with Gasteiger partial charge in [-0.1, -0.05) is 0 Å². The molecule has 0 saturated carbocycles. The standard InChI is InChI=1S/C9H9N5O7/c15-9-1-3(4-2-20-8(9)21-4)12-6(10-9)5(13(16)17)7(11-12)14(18)19/h3-4,8,10,15H,1-2H2/t3-,4+,8-,9+/m0/s1. The molecule has 4 bridgehead atoms. The molecular weight excluding hydrogens is 290 g/mol. The fraction of sp³-hybridized carbons (Fsp3) is 0.667. The molecule has 2 fully saturated rings. The third-order valence-electron chi connectivity index (χ3n) is 3.92. The molecule has 4 heterocycles. The molecule has 0 radical (unpaired) electrons. The van der Waals surface area contributed by atoms with E-state index in [4.69, 9.17) is 9.47 Å². The summed E-state index contributed by atoms with van der Waals surface area (Å²) >= 11 is 0. The number of aliphatic hydroxyl groups is 1.